The van der Waals surface area contributed by atoms with Gasteiger partial charge in [0, 0.05) is 6.20 Å². The summed E-state index contributed by atoms with van der Waals surface area (Å²) in [4.78, 5) is 10.1. The van der Waals surface area contributed by atoms with Crippen LogP contribution in [-0.2, 0) is 4.57 Å². The second-order valence-electron chi connectivity index (χ2n) is 14.9. The molecule has 7 heteroatoms. The van der Waals surface area contributed by atoms with E-state index in [1.165, 1.54) is 15.9 Å². The van der Waals surface area contributed by atoms with Crippen molar-refractivity contribution in [3.05, 3.63) is 212 Å². The number of rotatable bonds is 7. The minimum atomic E-state index is -3.26. The van der Waals surface area contributed by atoms with Crippen LogP contribution in [0, 0.1) is 0 Å². The van der Waals surface area contributed by atoms with Crippen LogP contribution in [0.15, 0.2) is 212 Å². The van der Waals surface area contributed by atoms with Crippen molar-refractivity contribution in [3.8, 4) is 11.1 Å². The number of benzene rings is 8. The second kappa shape index (κ2) is 14.3. The maximum absolute atomic E-state index is 15.7. The van der Waals surface area contributed by atoms with Crippen molar-refractivity contribution in [1.82, 2.24) is 14.4 Å². The first-order valence-electron chi connectivity index (χ1n) is 19.6. The van der Waals surface area contributed by atoms with E-state index >= 15 is 4.57 Å². The summed E-state index contributed by atoms with van der Waals surface area (Å²) in [5.74, 6) is 0. The Labute approximate surface area is 349 Å². The topological polar surface area (TPSA) is 47.3 Å². The summed E-state index contributed by atoms with van der Waals surface area (Å²) in [5, 5.41) is 10.4. The average Bonchev–Trinajstić information content (AvgIpc) is 3.71. The summed E-state index contributed by atoms with van der Waals surface area (Å²) < 4.78 is 18.1. The molecule has 3 aromatic heterocycles. The van der Waals surface area contributed by atoms with Gasteiger partial charge in [-0.3, -0.25) is 0 Å². The molecule has 0 bridgehead atoms. The van der Waals surface area contributed by atoms with Gasteiger partial charge in [0.1, 0.15) is 0 Å². The maximum atomic E-state index is 15.7. The Bertz CT molecular complexity index is 3410. The summed E-state index contributed by atoms with van der Waals surface area (Å²) in [6, 6.07) is 71.8. The van der Waals surface area contributed by atoms with Crippen LogP contribution in [0.3, 0.4) is 0 Å². The zero-order valence-corrected chi connectivity index (χ0v) is 35.3. The molecule has 8 aromatic carbocycles. The van der Waals surface area contributed by atoms with Crippen molar-refractivity contribution >= 4 is 109 Å². The van der Waals surface area contributed by atoms with E-state index in [4.69, 9.17) is 4.98 Å². The van der Waals surface area contributed by atoms with Crippen molar-refractivity contribution < 1.29 is 4.57 Å². The van der Waals surface area contributed by atoms with Crippen LogP contribution < -0.4 is 31.8 Å². The molecule has 0 aliphatic rings. The van der Waals surface area contributed by atoms with Gasteiger partial charge >= 0.3 is 297 Å². The molecule has 11 aromatic rings. The molecule has 0 aliphatic heterocycles. The van der Waals surface area contributed by atoms with Crippen LogP contribution in [0.25, 0.3) is 60.4 Å². The molecule has 0 spiro atoms. The molecule has 4 nitrogen and oxygen atoms in total. The third kappa shape index (κ3) is 5.81. The Kier molecular flexibility index (Phi) is 8.70. The molecular formula is C52H35N3OP2Se. The number of fused-ring (bicyclic) bond motifs is 9. The monoisotopic (exact) mass is 859 g/mol. The molecule has 59 heavy (non-hydrogen) atoms. The second-order valence-corrected chi connectivity index (χ2v) is 23.9. The summed E-state index contributed by atoms with van der Waals surface area (Å²) in [6.45, 7) is 0. The van der Waals surface area contributed by atoms with Crippen LogP contribution >= 0.6 is 12.7 Å². The molecule has 280 valence electrons. The molecule has 3 heterocycles. The number of imidazole rings is 1. The summed E-state index contributed by atoms with van der Waals surface area (Å²) >= 11 is 3.77. The van der Waals surface area contributed by atoms with Crippen LogP contribution in [0.4, 0.5) is 0 Å². The quantitative estimate of drug-likeness (QED) is 0.0912. The standard InChI is InChI=1S/C52H35N3OP2Se/c56-57(39-15-5-1-6-16-39,40-17-7-2-8-18-40)43-26-28-45-46-29-27-44(58(59,41-19-9-3-10-20-41)42-21-11-4-12-22-42)35-50(46)55-51-33-38(25-30-48(51)54-52(55)47(45)34-43)37-24-23-36-14-13-31-53-49(36)32-37/h1-35H. The van der Waals surface area contributed by atoms with Gasteiger partial charge in [0.05, 0.1) is 0 Å². The minimum absolute atomic E-state index is 0.776. The van der Waals surface area contributed by atoms with Crippen LogP contribution in [-0.4, -0.2) is 29.5 Å². The van der Waals surface area contributed by atoms with E-state index < -0.39 is 12.7 Å². The molecule has 0 aliphatic carbocycles. The van der Waals surface area contributed by atoms with Gasteiger partial charge in [-0.05, 0) is 6.07 Å². The van der Waals surface area contributed by atoms with Gasteiger partial charge in [0.25, 0.3) is 0 Å². The van der Waals surface area contributed by atoms with E-state index in [-0.39, 0.29) is 0 Å². The summed E-state index contributed by atoms with van der Waals surface area (Å²) in [7, 11) is -3.26. The van der Waals surface area contributed by atoms with Crippen molar-refractivity contribution in [2.24, 2.45) is 0 Å². The molecule has 0 N–H and O–H groups in total. The van der Waals surface area contributed by atoms with E-state index in [0.717, 1.165) is 76.3 Å². The molecule has 0 saturated heterocycles. The van der Waals surface area contributed by atoms with E-state index in [0.29, 0.717) is 0 Å². The van der Waals surface area contributed by atoms with Crippen LogP contribution in [0.2, 0.25) is 0 Å². The fourth-order valence-corrected chi connectivity index (χ4v) is 16.2. The molecule has 0 atom stereocenters. The van der Waals surface area contributed by atoms with E-state index in [2.05, 4.69) is 164 Å². The van der Waals surface area contributed by atoms with Gasteiger partial charge < -0.3 is 0 Å². The Morgan fingerprint density at radius 1 is 0.424 bits per heavy atom. The van der Waals surface area contributed by atoms with E-state index in [9.17, 15) is 0 Å². The summed E-state index contributed by atoms with van der Waals surface area (Å²) in [5.41, 5.74) is 4.73. The first-order valence-corrected chi connectivity index (χ1v) is 25.3. The molecule has 0 amide bonds. The van der Waals surface area contributed by atoms with Gasteiger partial charge in [-0.1, -0.05) is 42.5 Å². The van der Waals surface area contributed by atoms with Crippen LogP contribution in [0.5, 0.6) is 0 Å². The Morgan fingerprint density at radius 3 is 1.66 bits per heavy atom. The number of nitrogens with zero attached hydrogens (tertiary/aromatic N) is 3. The van der Waals surface area contributed by atoms with Crippen molar-refractivity contribution in [3.63, 3.8) is 0 Å². The predicted molar refractivity (Wildman–Crippen MR) is 252 cm³/mol. The SMILES string of the molecule is O=P(c1ccccc1)(c1ccccc1)c1ccc2c3ccc(P(=[Se])(c4ccccc4)c4ccccc4)cc3n3c4cc(-c5ccc6cccnc6c5)ccc4nc3c2c1. The normalized spacial score (nSPS) is 12.2. The van der Waals surface area contributed by atoms with Crippen molar-refractivity contribution in [2.75, 3.05) is 0 Å². The molecule has 0 radical (unpaired) electrons. The molecular weight excluding hydrogens is 823 g/mol. The zero-order valence-electron chi connectivity index (χ0n) is 31.8. The van der Waals surface area contributed by atoms with Gasteiger partial charge in [0.15, 0.2) is 0 Å². The Balaban J connectivity index is 1.23. The summed E-state index contributed by atoms with van der Waals surface area (Å²) in [6.07, 6.45) is 1.84. The zero-order chi connectivity index (χ0) is 39.6. The third-order valence-electron chi connectivity index (χ3n) is 11.6. The molecule has 0 fully saturated rings. The van der Waals surface area contributed by atoms with E-state index in [1.807, 2.05) is 72.9 Å². The van der Waals surface area contributed by atoms with Gasteiger partial charge in [-0.25, -0.2) is 0 Å². The fourth-order valence-electron chi connectivity index (χ4n) is 8.65. The van der Waals surface area contributed by atoms with Gasteiger partial charge in [0.2, 0.25) is 0 Å². The van der Waals surface area contributed by atoms with Crippen molar-refractivity contribution in [2.45, 2.75) is 0 Å². The first kappa shape index (κ1) is 35.9. The predicted octanol–water partition coefficient (Wildman–Crippen LogP) is 10.0. The number of hydrogen-bond donors (Lipinski definition) is 0. The Morgan fingerprint density at radius 2 is 1.00 bits per heavy atom. The number of pyridine rings is 2. The first-order chi connectivity index (χ1) is 29.0. The fraction of sp³-hybridized carbons (Fsp3) is 0. The van der Waals surface area contributed by atoms with Gasteiger partial charge in [-0.15, -0.1) is 0 Å². The third-order valence-corrected chi connectivity index (χ3v) is 21.6. The molecule has 0 unspecified atom stereocenters. The van der Waals surface area contributed by atoms with Gasteiger partial charge in [-0.2, -0.15) is 0 Å². The number of aromatic nitrogens is 3. The average molecular weight is 859 g/mol. The van der Waals surface area contributed by atoms with Crippen LogP contribution in [0.1, 0.15) is 0 Å². The number of hydrogen-bond acceptors (Lipinski definition) is 3. The Hall–Kier alpha value is -6.18. The molecule has 11 rings (SSSR count). The molecule has 0 saturated carbocycles. The van der Waals surface area contributed by atoms with E-state index in [1.54, 1.807) is 0 Å². The van der Waals surface area contributed by atoms with Crippen molar-refractivity contribution in [1.29, 1.82) is 0 Å².